The molecule has 0 bridgehead atoms. The zero-order valence-electron chi connectivity index (χ0n) is 21.4. The van der Waals surface area contributed by atoms with Crippen LogP contribution in [0.1, 0.15) is 11.1 Å². The molecular formula is C38H20N2. The Bertz CT molecular complexity index is 2130. The summed E-state index contributed by atoms with van der Waals surface area (Å²) in [7, 11) is 0. The summed E-state index contributed by atoms with van der Waals surface area (Å²) in [5, 5.41) is 25.6. The van der Waals surface area contributed by atoms with E-state index >= 15 is 0 Å². The van der Waals surface area contributed by atoms with Crippen LogP contribution in [0.15, 0.2) is 121 Å². The van der Waals surface area contributed by atoms with Crippen molar-refractivity contribution in [3.63, 3.8) is 0 Å². The molecule has 8 rings (SSSR count). The number of nitriles is 2. The Hall–Kier alpha value is -5.70. The standard InChI is InChI=1S/C38H20N2/c39-21-23-7-9-28-19-30(13-11-26(28)17-23)32-15-16-33(31-14-12-27-18-24(22-40)8-10-29(27)20-31)38-35-6-2-4-25-3-1-5-34(36(25)35)37(32)38/h1-20H. The third-order valence-corrected chi connectivity index (χ3v) is 8.21. The Morgan fingerprint density at radius 2 is 0.825 bits per heavy atom. The normalized spacial score (nSPS) is 11.4. The van der Waals surface area contributed by atoms with E-state index in [1.807, 2.05) is 36.4 Å². The number of hydrogen-bond donors (Lipinski definition) is 0. The molecule has 1 aliphatic carbocycles. The van der Waals surface area contributed by atoms with Crippen molar-refractivity contribution in [3.8, 4) is 56.6 Å². The smallest absolute Gasteiger partial charge is 0.0991 e. The van der Waals surface area contributed by atoms with Crippen molar-refractivity contribution in [2.45, 2.75) is 0 Å². The summed E-state index contributed by atoms with van der Waals surface area (Å²) < 4.78 is 0. The lowest BCUT2D eigenvalue weighted by molar-refractivity contribution is 1.49. The van der Waals surface area contributed by atoms with Crippen LogP contribution in [0.25, 0.3) is 76.8 Å². The molecule has 2 nitrogen and oxygen atoms in total. The first-order valence-corrected chi connectivity index (χ1v) is 13.3. The Morgan fingerprint density at radius 3 is 1.30 bits per heavy atom. The van der Waals surface area contributed by atoms with Crippen molar-refractivity contribution in [2.24, 2.45) is 0 Å². The fourth-order valence-electron chi connectivity index (χ4n) is 6.37. The van der Waals surface area contributed by atoms with Crippen LogP contribution in [0.2, 0.25) is 0 Å². The Labute approximate surface area is 231 Å². The Kier molecular flexibility index (Phi) is 4.68. The SMILES string of the molecule is N#Cc1ccc2cc(-c3ccc(-c4ccc5cc(C#N)ccc5c4)c4c3-c3cccc5cccc-4c35)ccc2c1. The van der Waals surface area contributed by atoms with Crippen LogP contribution in [0.5, 0.6) is 0 Å². The second-order valence-electron chi connectivity index (χ2n) is 10.4. The molecule has 1 aliphatic rings. The predicted molar refractivity (Wildman–Crippen MR) is 164 cm³/mol. The fourth-order valence-corrected chi connectivity index (χ4v) is 6.37. The molecular weight excluding hydrogens is 484 g/mol. The van der Waals surface area contributed by atoms with Crippen LogP contribution in [-0.4, -0.2) is 0 Å². The van der Waals surface area contributed by atoms with E-state index in [4.69, 9.17) is 0 Å². The molecule has 0 aromatic heterocycles. The Morgan fingerprint density at radius 1 is 0.375 bits per heavy atom. The quantitative estimate of drug-likeness (QED) is 0.235. The lowest BCUT2D eigenvalue weighted by atomic mass is 9.87. The Balaban J connectivity index is 1.41. The van der Waals surface area contributed by atoms with E-state index < -0.39 is 0 Å². The molecule has 0 amide bonds. The van der Waals surface area contributed by atoms with E-state index in [2.05, 4.69) is 97.1 Å². The van der Waals surface area contributed by atoms with Gasteiger partial charge in [0.15, 0.2) is 0 Å². The molecule has 0 radical (unpaired) electrons. The van der Waals surface area contributed by atoms with Gasteiger partial charge in [0.25, 0.3) is 0 Å². The van der Waals surface area contributed by atoms with Crippen LogP contribution in [-0.2, 0) is 0 Å². The van der Waals surface area contributed by atoms with Gasteiger partial charge in [0.2, 0.25) is 0 Å². The van der Waals surface area contributed by atoms with Crippen LogP contribution >= 0.6 is 0 Å². The first kappa shape index (κ1) is 22.3. The molecule has 0 aliphatic heterocycles. The van der Waals surface area contributed by atoms with Gasteiger partial charge in [-0.15, -0.1) is 0 Å². The summed E-state index contributed by atoms with van der Waals surface area (Å²) >= 11 is 0. The minimum atomic E-state index is 0.673. The van der Waals surface area contributed by atoms with Gasteiger partial charge in [0.05, 0.1) is 23.3 Å². The number of hydrogen-bond acceptors (Lipinski definition) is 2. The zero-order chi connectivity index (χ0) is 26.8. The molecule has 182 valence electrons. The summed E-state index contributed by atoms with van der Waals surface area (Å²) in [5.74, 6) is 0. The second kappa shape index (κ2) is 8.40. The lowest BCUT2D eigenvalue weighted by Crippen LogP contribution is -1.90. The lowest BCUT2D eigenvalue weighted by Gasteiger charge is -2.16. The van der Waals surface area contributed by atoms with Crippen molar-refractivity contribution < 1.29 is 0 Å². The molecule has 2 heteroatoms. The highest BCUT2D eigenvalue weighted by atomic mass is 14.3. The number of benzene rings is 7. The summed E-state index contributed by atoms with van der Waals surface area (Å²) in [6, 6.07) is 47.0. The zero-order valence-corrected chi connectivity index (χ0v) is 21.4. The molecule has 0 unspecified atom stereocenters. The third-order valence-electron chi connectivity index (χ3n) is 8.21. The van der Waals surface area contributed by atoms with E-state index in [1.54, 1.807) is 0 Å². The van der Waals surface area contributed by atoms with Gasteiger partial charge in [0.1, 0.15) is 0 Å². The van der Waals surface area contributed by atoms with Gasteiger partial charge in [-0.3, -0.25) is 0 Å². The maximum Gasteiger partial charge on any atom is 0.0991 e. The molecule has 0 saturated carbocycles. The molecule has 0 fully saturated rings. The van der Waals surface area contributed by atoms with Crippen molar-refractivity contribution >= 4 is 32.3 Å². The molecule has 7 aromatic carbocycles. The minimum absolute atomic E-state index is 0.673. The second-order valence-corrected chi connectivity index (χ2v) is 10.4. The van der Waals surface area contributed by atoms with Gasteiger partial charge in [-0.2, -0.15) is 10.5 Å². The van der Waals surface area contributed by atoms with Crippen LogP contribution in [0.4, 0.5) is 0 Å². The molecule has 0 heterocycles. The monoisotopic (exact) mass is 504 g/mol. The topological polar surface area (TPSA) is 47.6 Å². The third kappa shape index (κ3) is 3.21. The van der Waals surface area contributed by atoms with E-state index in [9.17, 15) is 10.5 Å². The van der Waals surface area contributed by atoms with Crippen molar-refractivity contribution in [2.75, 3.05) is 0 Å². The largest absolute Gasteiger partial charge is 0.192 e. The molecule has 40 heavy (non-hydrogen) atoms. The molecule has 0 spiro atoms. The number of fused-ring (bicyclic) bond motifs is 5. The van der Waals surface area contributed by atoms with E-state index in [-0.39, 0.29) is 0 Å². The first-order valence-electron chi connectivity index (χ1n) is 13.3. The van der Waals surface area contributed by atoms with Gasteiger partial charge < -0.3 is 0 Å². The fraction of sp³-hybridized carbons (Fsp3) is 0. The number of rotatable bonds is 2. The predicted octanol–water partition coefficient (Wildman–Crippen LogP) is 9.87. The highest BCUT2D eigenvalue weighted by Crippen LogP contribution is 2.54. The van der Waals surface area contributed by atoms with Crippen LogP contribution < -0.4 is 0 Å². The van der Waals surface area contributed by atoms with Crippen LogP contribution in [0, 0.1) is 22.7 Å². The van der Waals surface area contributed by atoms with E-state index in [1.165, 1.54) is 44.2 Å². The maximum atomic E-state index is 9.33. The van der Waals surface area contributed by atoms with Gasteiger partial charge in [0, 0.05) is 0 Å². The van der Waals surface area contributed by atoms with Gasteiger partial charge in [-0.05, 0) is 113 Å². The highest BCUT2D eigenvalue weighted by Gasteiger charge is 2.27. The van der Waals surface area contributed by atoms with Crippen molar-refractivity contribution in [1.29, 1.82) is 10.5 Å². The molecule has 0 saturated heterocycles. The summed E-state index contributed by atoms with van der Waals surface area (Å²) in [5.41, 5.74) is 11.1. The number of nitrogens with zero attached hydrogens (tertiary/aromatic N) is 2. The average molecular weight is 505 g/mol. The van der Waals surface area contributed by atoms with E-state index in [0.29, 0.717) is 11.1 Å². The van der Waals surface area contributed by atoms with Crippen molar-refractivity contribution in [3.05, 3.63) is 132 Å². The van der Waals surface area contributed by atoms with Crippen LogP contribution in [0.3, 0.4) is 0 Å². The minimum Gasteiger partial charge on any atom is -0.192 e. The van der Waals surface area contributed by atoms with Gasteiger partial charge >= 0.3 is 0 Å². The maximum absolute atomic E-state index is 9.33. The summed E-state index contributed by atoms with van der Waals surface area (Å²) in [4.78, 5) is 0. The first-order chi connectivity index (χ1) is 19.7. The van der Waals surface area contributed by atoms with Gasteiger partial charge in [-0.1, -0.05) is 84.9 Å². The van der Waals surface area contributed by atoms with Crippen molar-refractivity contribution in [1.82, 2.24) is 0 Å². The molecule has 0 N–H and O–H groups in total. The van der Waals surface area contributed by atoms with E-state index in [0.717, 1.165) is 32.7 Å². The molecule has 7 aromatic rings. The van der Waals surface area contributed by atoms with Gasteiger partial charge in [-0.25, -0.2) is 0 Å². The highest BCUT2D eigenvalue weighted by molar-refractivity contribution is 6.21. The summed E-state index contributed by atoms with van der Waals surface area (Å²) in [6.45, 7) is 0. The summed E-state index contributed by atoms with van der Waals surface area (Å²) in [6.07, 6.45) is 0. The molecule has 0 atom stereocenters. The average Bonchev–Trinajstić information content (AvgIpc) is 3.36.